The number of primary amides is 1. The van der Waals surface area contributed by atoms with E-state index in [2.05, 4.69) is 15.2 Å². The zero-order valence-corrected chi connectivity index (χ0v) is 21.5. The molecule has 10 nitrogen and oxygen atoms in total. The van der Waals surface area contributed by atoms with E-state index in [-0.39, 0.29) is 12.6 Å². The summed E-state index contributed by atoms with van der Waals surface area (Å²) in [7, 11) is 1.70. The molecule has 3 heterocycles. The summed E-state index contributed by atoms with van der Waals surface area (Å²) in [6, 6.07) is 17.3. The largest absolute Gasteiger partial charge is 0.383 e. The van der Waals surface area contributed by atoms with Crippen molar-refractivity contribution in [3.8, 4) is 0 Å². The maximum atomic E-state index is 13.1. The second kappa shape index (κ2) is 11.2. The molecule has 0 spiro atoms. The highest BCUT2D eigenvalue weighted by molar-refractivity contribution is 5.98. The summed E-state index contributed by atoms with van der Waals surface area (Å²) >= 11 is 0. The van der Waals surface area contributed by atoms with E-state index in [0.29, 0.717) is 43.3 Å². The minimum absolute atomic E-state index is 0.129. The number of piperazine rings is 1. The van der Waals surface area contributed by atoms with Crippen molar-refractivity contribution in [2.75, 3.05) is 51.8 Å². The number of ether oxygens (including phenoxy) is 1. The van der Waals surface area contributed by atoms with Crippen LogP contribution in [0.1, 0.15) is 21.7 Å². The number of hydrogen-bond donors (Lipinski definition) is 3. The third kappa shape index (κ3) is 5.33. The second-order valence-corrected chi connectivity index (χ2v) is 9.51. The first-order valence-electron chi connectivity index (χ1n) is 12.7. The zero-order chi connectivity index (χ0) is 26.6. The molecule has 1 fully saturated rings. The number of nitrogens with zero attached hydrogens (tertiary/aromatic N) is 4. The molecule has 10 heteroatoms. The van der Waals surface area contributed by atoms with Crippen molar-refractivity contribution in [3.63, 3.8) is 0 Å². The second-order valence-electron chi connectivity index (χ2n) is 9.51. The number of nitrogens with two attached hydrogens (primary N) is 2. The predicted molar refractivity (Wildman–Crippen MR) is 148 cm³/mol. The zero-order valence-electron chi connectivity index (χ0n) is 21.5. The van der Waals surface area contributed by atoms with Crippen LogP contribution in [0.15, 0.2) is 54.6 Å². The van der Waals surface area contributed by atoms with Gasteiger partial charge in [0, 0.05) is 57.5 Å². The van der Waals surface area contributed by atoms with Gasteiger partial charge in [0.25, 0.3) is 5.91 Å². The molecule has 0 bridgehead atoms. The van der Waals surface area contributed by atoms with Gasteiger partial charge in [0.1, 0.15) is 11.3 Å². The van der Waals surface area contributed by atoms with Gasteiger partial charge in [-0.05, 0) is 46.7 Å². The van der Waals surface area contributed by atoms with Crippen LogP contribution in [0.25, 0.3) is 21.8 Å². The van der Waals surface area contributed by atoms with Gasteiger partial charge >= 0.3 is 6.03 Å². The van der Waals surface area contributed by atoms with Crippen molar-refractivity contribution in [1.82, 2.24) is 19.4 Å². The van der Waals surface area contributed by atoms with Crippen molar-refractivity contribution in [2.45, 2.75) is 13.1 Å². The Kier molecular flexibility index (Phi) is 7.54. The molecule has 0 aliphatic carbocycles. The Morgan fingerprint density at radius 1 is 1.03 bits per heavy atom. The molecule has 5 N–H and O–H groups in total. The maximum Gasteiger partial charge on any atom is 0.321 e. The van der Waals surface area contributed by atoms with Crippen LogP contribution < -0.4 is 16.8 Å². The van der Waals surface area contributed by atoms with E-state index in [0.717, 1.165) is 47.1 Å². The number of carbonyl (C=O) groups is 2. The summed E-state index contributed by atoms with van der Waals surface area (Å²) in [5, 5.41) is 5.90. The first-order valence-corrected chi connectivity index (χ1v) is 12.7. The first-order chi connectivity index (χ1) is 18.5. The number of benzene rings is 2. The number of aromatic nitrogens is 2. The van der Waals surface area contributed by atoms with Crippen LogP contribution in [0.4, 0.5) is 10.5 Å². The lowest BCUT2D eigenvalue weighted by molar-refractivity contribution is 0.0992. The van der Waals surface area contributed by atoms with E-state index in [1.54, 1.807) is 13.2 Å². The fourth-order valence-electron chi connectivity index (χ4n) is 5.01. The molecule has 1 aliphatic rings. The number of anilines is 1. The van der Waals surface area contributed by atoms with E-state index in [1.165, 1.54) is 0 Å². The van der Waals surface area contributed by atoms with Crippen LogP contribution in [0.2, 0.25) is 0 Å². The number of methoxy groups -OCH3 is 1. The van der Waals surface area contributed by atoms with E-state index >= 15 is 0 Å². The topological polar surface area (TPSA) is 132 Å². The van der Waals surface area contributed by atoms with Gasteiger partial charge in [-0.1, -0.05) is 24.3 Å². The van der Waals surface area contributed by atoms with Gasteiger partial charge in [-0.3, -0.25) is 9.69 Å². The smallest absolute Gasteiger partial charge is 0.321 e. The van der Waals surface area contributed by atoms with Crippen molar-refractivity contribution in [2.24, 2.45) is 11.5 Å². The number of rotatable bonds is 8. The number of carbonyl (C=O) groups excluding carboxylic acids is 2. The lowest BCUT2D eigenvalue weighted by atomic mass is 10.0. The van der Waals surface area contributed by atoms with Gasteiger partial charge in [-0.15, -0.1) is 0 Å². The molecule has 0 atom stereocenters. The number of hydrogen-bond acceptors (Lipinski definition) is 6. The number of fused-ring (bicyclic) bond motifs is 2. The summed E-state index contributed by atoms with van der Waals surface area (Å²) in [6.07, 6.45) is 0. The molecule has 5 rings (SSSR count). The van der Waals surface area contributed by atoms with Gasteiger partial charge in [0.05, 0.1) is 18.8 Å². The van der Waals surface area contributed by atoms with Gasteiger partial charge in [0.15, 0.2) is 0 Å². The molecule has 1 saturated heterocycles. The molecular weight excluding hydrogens is 482 g/mol. The molecule has 2 aromatic heterocycles. The number of nitrogens with one attached hydrogen (secondary N) is 1. The minimum Gasteiger partial charge on any atom is -0.383 e. The molecule has 38 heavy (non-hydrogen) atoms. The average Bonchev–Trinajstić information content (AvgIpc) is 3.30. The molecular formula is C28H33N7O3. The van der Waals surface area contributed by atoms with Crippen molar-refractivity contribution in [3.05, 3.63) is 71.5 Å². The fourth-order valence-corrected chi connectivity index (χ4v) is 5.01. The monoisotopic (exact) mass is 515 g/mol. The molecule has 0 unspecified atom stereocenters. The Bertz CT molecular complexity index is 1470. The van der Waals surface area contributed by atoms with Crippen LogP contribution in [-0.2, 0) is 17.8 Å². The molecule has 198 valence electrons. The fraction of sp³-hybridized carbons (Fsp3) is 0.321. The Morgan fingerprint density at radius 3 is 2.55 bits per heavy atom. The lowest BCUT2D eigenvalue weighted by Gasteiger charge is -2.34. The first kappa shape index (κ1) is 25.7. The lowest BCUT2D eigenvalue weighted by Crippen LogP contribution is -2.50. The van der Waals surface area contributed by atoms with Crippen LogP contribution in [0.5, 0.6) is 0 Å². The molecule has 2 aromatic carbocycles. The van der Waals surface area contributed by atoms with E-state index < -0.39 is 5.91 Å². The highest BCUT2D eigenvalue weighted by atomic mass is 16.5. The summed E-state index contributed by atoms with van der Waals surface area (Å²) in [4.78, 5) is 34.3. The van der Waals surface area contributed by atoms with Crippen LogP contribution in [0, 0.1) is 0 Å². The Hall–Kier alpha value is -3.99. The Morgan fingerprint density at radius 2 is 1.82 bits per heavy atom. The quantitative estimate of drug-likeness (QED) is 0.331. The van der Waals surface area contributed by atoms with Gasteiger partial charge in [-0.2, -0.15) is 0 Å². The summed E-state index contributed by atoms with van der Waals surface area (Å²) < 4.78 is 6.99. The van der Waals surface area contributed by atoms with Gasteiger partial charge < -0.3 is 31.0 Å². The van der Waals surface area contributed by atoms with E-state index in [4.69, 9.17) is 16.2 Å². The molecule has 0 saturated carbocycles. The Balaban J connectivity index is 1.44. The third-order valence-electron chi connectivity index (χ3n) is 7.06. The number of pyridine rings is 1. The highest BCUT2D eigenvalue weighted by Crippen LogP contribution is 2.28. The van der Waals surface area contributed by atoms with E-state index in [1.807, 2.05) is 58.0 Å². The summed E-state index contributed by atoms with van der Waals surface area (Å²) in [6.45, 7) is 5.13. The summed E-state index contributed by atoms with van der Waals surface area (Å²) in [5.74, 6) is -0.532. The highest BCUT2D eigenvalue weighted by Gasteiger charge is 2.22. The van der Waals surface area contributed by atoms with Crippen LogP contribution >= 0.6 is 0 Å². The molecule has 0 radical (unpaired) electrons. The summed E-state index contributed by atoms with van der Waals surface area (Å²) in [5.41, 5.74) is 14.9. The Labute approximate surface area is 221 Å². The minimum atomic E-state index is -0.532. The molecule has 4 aromatic rings. The van der Waals surface area contributed by atoms with Gasteiger partial charge in [-0.25, -0.2) is 9.78 Å². The predicted octanol–water partition coefficient (Wildman–Crippen LogP) is 2.59. The molecule has 1 aliphatic heterocycles. The number of urea groups is 1. The van der Waals surface area contributed by atoms with Crippen molar-refractivity contribution >= 4 is 39.4 Å². The van der Waals surface area contributed by atoms with E-state index in [9.17, 15) is 9.59 Å². The normalized spacial score (nSPS) is 14.3. The van der Waals surface area contributed by atoms with Crippen molar-refractivity contribution in [1.29, 1.82) is 0 Å². The van der Waals surface area contributed by atoms with Gasteiger partial charge in [0.2, 0.25) is 0 Å². The van der Waals surface area contributed by atoms with Crippen LogP contribution in [-0.4, -0.2) is 77.7 Å². The van der Waals surface area contributed by atoms with Crippen LogP contribution in [0.3, 0.4) is 0 Å². The average molecular weight is 516 g/mol. The third-order valence-corrected chi connectivity index (χ3v) is 7.06. The standard InChI is InChI=1S/C28H33N7O3/c1-38-13-12-33-8-10-34(11-9-33)28(37)32-23-14-19-4-2-3-5-24(19)21(15-23)18-35-25(26(30)36)16-20-6-7-22(17-29)31-27(20)35/h2-7,14-16H,8-13,17-18,29H2,1H3,(H2,30,36)(H,32,37). The van der Waals surface area contributed by atoms with Crippen molar-refractivity contribution < 1.29 is 14.3 Å². The SMILES string of the molecule is COCCN1CCN(C(=O)Nc2cc(Cn3c(C(N)=O)cc4ccc(CN)nc43)c3ccccc3c2)CC1. The molecule has 3 amide bonds. The maximum absolute atomic E-state index is 13.1. The number of amides is 3.